The van der Waals surface area contributed by atoms with Crippen molar-refractivity contribution in [2.24, 2.45) is 0 Å². The molecule has 0 fully saturated rings. The first-order valence-corrected chi connectivity index (χ1v) is 7.56. The Bertz CT molecular complexity index is 531. The third-order valence-electron chi connectivity index (χ3n) is 3.29. The Hall–Kier alpha value is -1.32. The Morgan fingerprint density at radius 3 is 2.63 bits per heavy atom. The molecule has 0 amide bonds. The zero-order valence-corrected chi connectivity index (χ0v) is 12.9. The van der Waals surface area contributed by atoms with E-state index >= 15 is 0 Å². The predicted octanol–water partition coefficient (Wildman–Crippen LogP) is 3.82. The minimum absolute atomic E-state index is 0.296. The summed E-state index contributed by atoms with van der Waals surface area (Å²) in [4.78, 5) is 3.56. The lowest BCUT2D eigenvalue weighted by Crippen LogP contribution is -2.22. The van der Waals surface area contributed by atoms with Gasteiger partial charge in [0.15, 0.2) is 0 Å². The number of rotatable bonds is 5. The number of thiophene rings is 1. The van der Waals surface area contributed by atoms with E-state index in [1.54, 1.807) is 0 Å². The van der Waals surface area contributed by atoms with Crippen molar-refractivity contribution < 1.29 is 0 Å². The van der Waals surface area contributed by atoms with E-state index in [1.165, 1.54) is 21.7 Å². The van der Waals surface area contributed by atoms with Gasteiger partial charge < -0.3 is 10.2 Å². The molecule has 1 aromatic heterocycles. The summed E-state index contributed by atoms with van der Waals surface area (Å²) in [6, 6.07) is 11.3. The molecular weight excluding hydrogens is 252 g/mol. The van der Waals surface area contributed by atoms with E-state index in [9.17, 15) is 0 Å². The maximum absolute atomic E-state index is 3.60. The zero-order chi connectivity index (χ0) is 13.8. The topological polar surface area (TPSA) is 15.3 Å². The van der Waals surface area contributed by atoms with Crippen molar-refractivity contribution >= 4 is 17.0 Å². The highest BCUT2D eigenvalue weighted by Crippen LogP contribution is 2.30. The van der Waals surface area contributed by atoms with Crippen molar-refractivity contribution in [2.45, 2.75) is 19.9 Å². The molecule has 2 aromatic rings. The van der Waals surface area contributed by atoms with Crippen molar-refractivity contribution in [1.29, 1.82) is 0 Å². The first-order valence-electron chi connectivity index (χ1n) is 6.68. The molecule has 1 atom stereocenters. The van der Waals surface area contributed by atoms with Gasteiger partial charge in [0.25, 0.3) is 0 Å². The number of anilines is 1. The van der Waals surface area contributed by atoms with Crippen LogP contribution in [0, 0.1) is 6.92 Å². The van der Waals surface area contributed by atoms with Crippen LogP contribution in [-0.4, -0.2) is 20.6 Å². The van der Waals surface area contributed by atoms with Crippen LogP contribution in [0.15, 0.2) is 35.7 Å². The van der Waals surface area contributed by atoms with Crippen molar-refractivity contribution in [3.63, 3.8) is 0 Å². The number of benzene rings is 1. The van der Waals surface area contributed by atoms with Crippen LogP contribution >= 0.6 is 11.3 Å². The second-order valence-electron chi connectivity index (χ2n) is 4.95. The minimum Gasteiger partial charge on any atom is -0.378 e. The molecule has 0 saturated heterocycles. The Labute approximate surface area is 120 Å². The van der Waals surface area contributed by atoms with E-state index in [0.717, 1.165) is 6.54 Å². The fraction of sp³-hybridized carbons (Fsp3) is 0.375. The van der Waals surface area contributed by atoms with Crippen LogP contribution in [0.3, 0.4) is 0 Å². The summed E-state index contributed by atoms with van der Waals surface area (Å²) in [5, 5.41) is 5.77. The summed E-state index contributed by atoms with van der Waals surface area (Å²) in [6.07, 6.45) is 0. The summed E-state index contributed by atoms with van der Waals surface area (Å²) in [5.41, 5.74) is 3.94. The summed E-state index contributed by atoms with van der Waals surface area (Å²) in [7, 11) is 4.16. The quantitative estimate of drug-likeness (QED) is 0.891. The molecule has 0 aliphatic heterocycles. The van der Waals surface area contributed by atoms with Gasteiger partial charge in [-0.2, -0.15) is 0 Å². The van der Waals surface area contributed by atoms with Crippen molar-refractivity contribution in [1.82, 2.24) is 5.32 Å². The van der Waals surface area contributed by atoms with Crippen LogP contribution in [0.5, 0.6) is 0 Å². The Kier molecular flexibility index (Phi) is 4.61. The third kappa shape index (κ3) is 3.17. The van der Waals surface area contributed by atoms with Crippen LogP contribution in [0.4, 0.5) is 5.69 Å². The van der Waals surface area contributed by atoms with E-state index < -0.39 is 0 Å². The monoisotopic (exact) mass is 274 g/mol. The molecule has 0 saturated carbocycles. The van der Waals surface area contributed by atoms with Gasteiger partial charge in [0.2, 0.25) is 0 Å². The molecule has 1 unspecified atom stereocenters. The highest BCUT2D eigenvalue weighted by molar-refractivity contribution is 7.10. The van der Waals surface area contributed by atoms with E-state index in [-0.39, 0.29) is 0 Å². The normalized spacial score (nSPS) is 12.4. The summed E-state index contributed by atoms with van der Waals surface area (Å²) < 4.78 is 0. The van der Waals surface area contributed by atoms with Crippen molar-refractivity contribution in [3.05, 3.63) is 51.7 Å². The summed E-state index contributed by atoms with van der Waals surface area (Å²) in [5.74, 6) is 0. The standard InChI is InChI=1S/C16H22N2S/c1-5-17-15(16-12(2)9-10-19-16)13-7-6-8-14(11-13)18(3)4/h6-11,15,17H,5H2,1-4H3. The lowest BCUT2D eigenvalue weighted by atomic mass is 10.0. The molecule has 0 radical (unpaired) electrons. The molecule has 1 N–H and O–H groups in total. The van der Waals surface area contributed by atoms with Crippen LogP contribution < -0.4 is 10.2 Å². The van der Waals surface area contributed by atoms with Gasteiger partial charge in [-0.25, -0.2) is 0 Å². The molecule has 19 heavy (non-hydrogen) atoms. The average Bonchev–Trinajstić information content (AvgIpc) is 2.82. The first-order chi connectivity index (χ1) is 9.13. The van der Waals surface area contributed by atoms with E-state index in [4.69, 9.17) is 0 Å². The first kappa shape index (κ1) is 14.1. The predicted molar refractivity (Wildman–Crippen MR) is 85.3 cm³/mol. The maximum Gasteiger partial charge on any atom is 0.0674 e. The third-order valence-corrected chi connectivity index (χ3v) is 4.38. The van der Waals surface area contributed by atoms with Gasteiger partial charge in [0, 0.05) is 24.7 Å². The lowest BCUT2D eigenvalue weighted by Gasteiger charge is -2.21. The molecule has 0 aliphatic carbocycles. The van der Waals surface area contributed by atoms with Gasteiger partial charge in [-0.1, -0.05) is 19.1 Å². The largest absolute Gasteiger partial charge is 0.378 e. The average molecular weight is 274 g/mol. The highest BCUT2D eigenvalue weighted by atomic mass is 32.1. The molecule has 1 aromatic carbocycles. The second-order valence-corrected chi connectivity index (χ2v) is 5.90. The Balaban J connectivity index is 2.39. The van der Waals surface area contributed by atoms with Crippen molar-refractivity contribution in [3.8, 4) is 0 Å². The Morgan fingerprint density at radius 2 is 2.05 bits per heavy atom. The number of hydrogen-bond acceptors (Lipinski definition) is 3. The molecule has 2 nitrogen and oxygen atoms in total. The summed E-state index contributed by atoms with van der Waals surface area (Å²) >= 11 is 1.83. The lowest BCUT2D eigenvalue weighted by molar-refractivity contribution is 0.637. The van der Waals surface area contributed by atoms with Gasteiger partial charge in [-0.15, -0.1) is 11.3 Å². The Morgan fingerprint density at radius 1 is 1.26 bits per heavy atom. The van der Waals surface area contributed by atoms with Gasteiger partial charge in [-0.3, -0.25) is 0 Å². The molecule has 1 heterocycles. The van der Waals surface area contributed by atoms with E-state index in [0.29, 0.717) is 6.04 Å². The second kappa shape index (κ2) is 6.22. The fourth-order valence-electron chi connectivity index (χ4n) is 2.23. The molecule has 0 spiro atoms. The molecule has 3 heteroatoms. The number of hydrogen-bond donors (Lipinski definition) is 1. The van der Waals surface area contributed by atoms with Crippen LogP contribution in [0.25, 0.3) is 0 Å². The van der Waals surface area contributed by atoms with Gasteiger partial charge in [-0.05, 0) is 48.2 Å². The molecule has 102 valence electrons. The van der Waals surface area contributed by atoms with Crippen molar-refractivity contribution in [2.75, 3.05) is 25.5 Å². The van der Waals surface area contributed by atoms with Gasteiger partial charge in [0.05, 0.1) is 6.04 Å². The highest BCUT2D eigenvalue weighted by Gasteiger charge is 2.16. The molecule has 0 bridgehead atoms. The van der Waals surface area contributed by atoms with Gasteiger partial charge >= 0.3 is 0 Å². The maximum atomic E-state index is 3.60. The number of aryl methyl sites for hydroxylation is 1. The van der Waals surface area contributed by atoms with Crippen LogP contribution in [0.2, 0.25) is 0 Å². The van der Waals surface area contributed by atoms with Gasteiger partial charge in [0.1, 0.15) is 0 Å². The zero-order valence-electron chi connectivity index (χ0n) is 12.1. The van der Waals surface area contributed by atoms with E-state index in [2.05, 4.69) is 73.9 Å². The molecular formula is C16H22N2S. The summed E-state index contributed by atoms with van der Waals surface area (Å²) in [6.45, 7) is 5.31. The van der Waals surface area contributed by atoms with Crippen LogP contribution in [0.1, 0.15) is 29.0 Å². The smallest absolute Gasteiger partial charge is 0.0674 e. The fourth-order valence-corrected chi connectivity index (χ4v) is 3.26. The number of nitrogens with zero attached hydrogens (tertiary/aromatic N) is 1. The van der Waals surface area contributed by atoms with Crippen LogP contribution in [-0.2, 0) is 0 Å². The number of nitrogens with one attached hydrogen (secondary N) is 1. The molecule has 0 aliphatic rings. The minimum atomic E-state index is 0.296. The molecule has 2 rings (SSSR count). The SMILES string of the molecule is CCNC(c1cccc(N(C)C)c1)c1sccc1C. The van der Waals surface area contributed by atoms with E-state index in [1.807, 2.05) is 11.3 Å².